The molecule has 0 heterocycles. The van der Waals surface area contributed by atoms with Crippen molar-refractivity contribution < 1.29 is 28.5 Å². The van der Waals surface area contributed by atoms with Crippen LogP contribution in [0.4, 0.5) is 0 Å². The molecule has 0 fully saturated rings. The predicted octanol–water partition coefficient (Wildman–Crippen LogP) is 0.967. The van der Waals surface area contributed by atoms with Gasteiger partial charge in [-0.25, -0.2) is 4.79 Å². The van der Waals surface area contributed by atoms with Crippen LogP contribution in [0.2, 0.25) is 0 Å². The molecule has 0 rings (SSSR count). The van der Waals surface area contributed by atoms with E-state index >= 15 is 0 Å². The summed E-state index contributed by atoms with van der Waals surface area (Å²) in [6.07, 6.45) is 1.21. The Balaban J connectivity index is 3.23. The second-order valence-corrected chi connectivity index (χ2v) is 4.82. The quantitative estimate of drug-likeness (QED) is 0.318. The van der Waals surface area contributed by atoms with E-state index in [0.29, 0.717) is 39.5 Å². The van der Waals surface area contributed by atoms with Gasteiger partial charge in [0.2, 0.25) is 0 Å². The molecular formula is C13H24O6. The Kier molecular flexibility index (Phi) is 10.3. The second kappa shape index (κ2) is 10.9. The highest BCUT2D eigenvalue weighted by atomic mass is 16.6. The van der Waals surface area contributed by atoms with Crippen LogP contribution in [0.5, 0.6) is 0 Å². The van der Waals surface area contributed by atoms with E-state index in [0.717, 1.165) is 6.29 Å². The maximum absolute atomic E-state index is 11.3. The number of rotatable bonds is 11. The van der Waals surface area contributed by atoms with E-state index in [2.05, 4.69) is 0 Å². The smallest absolute Gasteiger partial charge is 0.332 e. The van der Waals surface area contributed by atoms with Crippen LogP contribution in [-0.4, -0.2) is 57.5 Å². The molecule has 0 spiro atoms. The minimum atomic E-state index is -0.490. The zero-order chi connectivity index (χ0) is 14.6. The van der Waals surface area contributed by atoms with Gasteiger partial charge in [-0.2, -0.15) is 0 Å². The van der Waals surface area contributed by atoms with Gasteiger partial charge in [-0.3, -0.25) is 0 Å². The van der Waals surface area contributed by atoms with E-state index in [1.54, 1.807) is 20.8 Å². The lowest BCUT2D eigenvalue weighted by atomic mass is 10.2. The molecule has 0 N–H and O–H groups in total. The molecule has 0 aliphatic carbocycles. The second-order valence-electron chi connectivity index (χ2n) is 4.82. The zero-order valence-electron chi connectivity index (χ0n) is 12.0. The molecule has 0 aromatic heterocycles. The van der Waals surface area contributed by atoms with E-state index in [4.69, 9.17) is 18.9 Å². The van der Waals surface area contributed by atoms with Gasteiger partial charge in [-0.05, 0) is 20.8 Å². The lowest BCUT2D eigenvalue weighted by Crippen LogP contribution is -2.27. The van der Waals surface area contributed by atoms with Crippen LogP contribution >= 0.6 is 0 Å². The van der Waals surface area contributed by atoms with Crippen molar-refractivity contribution in [1.82, 2.24) is 0 Å². The van der Waals surface area contributed by atoms with E-state index in [-0.39, 0.29) is 12.6 Å². The summed E-state index contributed by atoms with van der Waals surface area (Å²) < 4.78 is 20.5. The van der Waals surface area contributed by atoms with Crippen molar-refractivity contribution >= 4 is 12.3 Å². The minimum Gasteiger partial charge on any atom is -0.458 e. The van der Waals surface area contributed by atoms with E-state index in [1.807, 2.05) is 0 Å². The SMILES string of the molecule is CC(C)(C)OC(=O)COCCOCCOCCC=O. The molecule has 19 heavy (non-hydrogen) atoms. The maximum atomic E-state index is 11.3. The van der Waals surface area contributed by atoms with Crippen molar-refractivity contribution in [2.24, 2.45) is 0 Å². The molecule has 6 heteroatoms. The highest BCUT2D eigenvalue weighted by Crippen LogP contribution is 2.06. The summed E-state index contributed by atoms with van der Waals surface area (Å²) in [6.45, 7) is 7.36. The molecule has 0 aromatic carbocycles. The molecule has 0 unspecified atom stereocenters. The topological polar surface area (TPSA) is 71.1 Å². The van der Waals surface area contributed by atoms with Gasteiger partial charge < -0.3 is 23.7 Å². The first-order valence-corrected chi connectivity index (χ1v) is 6.34. The first-order chi connectivity index (χ1) is 8.95. The number of ether oxygens (including phenoxy) is 4. The standard InChI is InChI=1S/C13H24O6/c1-13(2,3)19-12(15)11-18-10-9-17-8-7-16-6-4-5-14/h5H,4,6-11H2,1-3H3. The van der Waals surface area contributed by atoms with Gasteiger partial charge >= 0.3 is 5.97 Å². The fraction of sp³-hybridized carbons (Fsp3) is 0.846. The molecular weight excluding hydrogens is 252 g/mol. The molecule has 0 aromatic rings. The molecule has 0 amide bonds. The van der Waals surface area contributed by atoms with Crippen LogP contribution in [0.1, 0.15) is 27.2 Å². The van der Waals surface area contributed by atoms with Crippen LogP contribution in [0, 0.1) is 0 Å². The predicted molar refractivity (Wildman–Crippen MR) is 69.0 cm³/mol. The first-order valence-electron chi connectivity index (χ1n) is 6.34. The number of hydrogen-bond donors (Lipinski definition) is 0. The third-order valence-electron chi connectivity index (χ3n) is 1.76. The number of aldehydes is 1. The Morgan fingerprint density at radius 1 is 0.947 bits per heavy atom. The summed E-state index contributed by atoms with van der Waals surface area (Å²) in [4.78, 5) is 21.2. The monoisotopic (exact) mass is 276 g/mol. The molecule has 0 bridgehead atoms. The molecule has 112 valence electrons. The lowest BCUT2D eigenvalue weighted by Gasteiger charge is -2.19. The Labute approximate surface area is 114 Å². The van der Waals surface area contributed by atoms with Gasteiger partial charge in [0.05, 0.1) is 33.0 Å². The third kappa shape index (κ3) is 15.0. The van der Waals surface area contributed by atoms with Gasteiger partial charge in [0, 0.05) is 6.42 Å². The van der Waals surface area contributed by atoms with Gasteiger partial charge in [-0.15, -0.1) is 0 Å². The number of esters is 1. The average Bonchev–Trinajstić information content (AvgIpc) is 2.29. The van der Waals surface area contributed by atoms with Gasteiger partial charge in [0.25, 0.3) is 0 Å². The fourth-order valence-electron chi connectivity index (χ4n) is 1.10. The van der Waals surface area contributed by atoms with E-state index in [1.165, 1.54) is 0 Å². The highest BCUT2D eigenvalue weighted by molar-refractivity contribution is 5.71. The molecule has 0 atom stereocenters. The van der Waals surface area contributed by atoms with Crippen molar-refractivity contribution in [3.05, 3.63) is 0 Å². The summed E-state index contributed by atoms with van der Waals surface area (Å²) in [7, 11) is 0. The molecule has 0 aliphatic heterocycles. The van der Waals surface area contributed by atoms with Crippen LogP contribution < -0.4 is 0 Å². The van der Waals surface area contributed by atoms with Crippen molar-refractivity contribution in [2.45, 2.75) is 32.8 Å². The Hall–Kier alpha value is -0.980. The maximum Gasteiger partial charge on any atom is 0.332 e. The molecule has 0 saturated carbocycles. The lowest BCUT2D eigenvalue weighted by molar-refractivity contribution is -0.160. The van der Waals surface area contributed by atoms with Crippen molar-refractivity contribution in [3.8, 4) is 0 Å². The first kappa shape index (κ1) is 18.0. The van der Waals surface area contributed by atoms with Crippen LogP contribution in [-0.2, 0) is 28.5 Å². The molecule has 6 nitrogen and oxygen atoms in total. The van der Waals surface area contributed by atoms with Crippen LogP contribution in [0.15, 0.2) is 0 Å². The largest absolute Gasteiger partial charge is 0.458 e. The summed E-state index contributed by atoms with van der Waals surface area (Å²) in [5, 5.41) is 0. The van der Waals surface area contributed by atoms with Gasteiger partial charge in [0.15, 0.2) is 0 Å². The fourth-order valence-corrected chi connectivity index (χ4v) is 1.10. The van der Waals surface area contributed by atoms with Crippen molar-refractivity contribution in [1.29, 1.82) is 0 Å². The number of hydrogen-bond acceptors (Lipinski definition) is 6. The van der Waals surface area contributed by atoms with Gasteiger partial charge in [-0.1, -0.05) is 0 Å². The third-order valence-corrected chi connectivity index (χ3v) is 1.76. The molecule has 0 aliphatic rings. The van der Waals surface area contributed by atoms with Crippen LogP contribution in [0.25, 0.3) is 0 Å². The molecule has 0 radical (unpaired) electrons. The highest BCUT2D eigenvalue weighted by Gasteiger charge is 2.15. The van der Waals surface area contributed by atoms with Crippen molar-refractivity contribution in [2.75, 3.05) is 39.6 Å². The van der Waals surface area contributed by atoms with E-state index < -0.39 is 5.60 Å². The summed E-state index contributed by atoms with van der Waals surface area (Å²) >= 11 is 0. The summed E-state index contributed by atoms with van der Waals surface area (Å²) in [5.74, 6) is -0.385. The number of carbonyl (C=O) groups is 2. The zero-order valence-corrected chi connectivity index (χ0v) is 12.0. The number of carbonyl (C=O) groups excluding carboxylic acids is 2. The average molecular weight is 276 g/mol. The van der Waals surface area contributed by atoms with Crippen molar-refractivity contribution in [3.63, 3.8) is 0 Å². The Bertz CT molecular complexity index is 246. The normalized spacial score (nSPS) is 11.3. The summed E-state index contributed by atoms with van der Waals surface area (Å²) in [6, 6.07) is 0. The minimum absolute atomic E-state index is 0.0730. The Morgan fingerprint density at radius 3 is 2.00 bits per heavy atom. The molecule has 0 saturated heterocycles. The summed E-state index contributed by atoms with van der Waals surface area (Å²) in [5.41, 5.74) is -0.490. The Morgan fingerprint density at radius 2 is 1.47 bits per heavy atom. The van der Waals surface area contributed by atoms with Crippen LogP contribution in [0.3, 0.4) is 0 Å². The van der Waals surface area contributed by atoms with E-state index in [9.17, 15) is 9.59 Å². The van der Waals surface area contributed by atoms with Gasteiger partial charge in [0.1, 0.15) is 18.5 Å².